The zero-order valence-electron chi connectivity index (χ0n) is 17.7. The predicted octanol–water partition coefficient (Wildman–Crippen LogP) is 4.51. The summed E-state index contributed by atoms with van der Waals surface area (Å²) in [6.07, 6.45) is -0.404. The van der Waals surface area contributed by atoms with E-state index in [-0.39, 0.29) is 35.3 Å². The molecule has 176 valence electrons. The van der Waals surface area contributed by atoms with E-state index in [0.717, 1.165) is 22.5 Å². The number of carbonyl (C=O) groups excluding carboxylic acids is 1. The number of amides is 1. The van der Waals surface area contributed by atoms with E-state index in [2.05, 4.69) is 19.9 Å². The molecule has 1 N–H and O–H groups in total. The summed E-state index contributed by atoms with van der Waals surface area (Å²) in [5.41, 5.74) is -0.868. The van der Waals surface area contributed by atoms with Gasteiger partial charge in [-0.1, -0.05) is 18.0 Å². The quantitative estimate of drug-likeness (QED) is 0.379. The average molecular weight is 501 g/mol. The molecular formula is C20H20ClF3N6O2S. The highest BCUT2D eigenvalue weighted by molar-refractivity contribution is 7.98. The van der Waals surface area contributed by atoms with Gasteiger partial charge in [0.15, 0.2) is 5.82 Å². The Morgan fingerprint density at radius 3 is 2.64 bits per heavy atom. The van der Waals surface area contributed by atoms with E-state index < -0.39 is 24.1 Å². The fourth-order valence-corrected chi connectivity index (χ4v) is 4.33. The second kappa shape index (κ2) is 8.90. The number of carbonyl (C=O) groups is 1. The van der Waals surface area contributed by atoms with Crippen molar-refractivity contribution < 1.29 is 22.7 Å². The van der Waals surface area contributed by atoms with E-state index in [9.17, 15) is 18.0 Å². The maximum Gasteiger partial charge on any atom is 0.397 e. The Balaban J connectivity index is 1.40. The largest absolute Gasteiger partial charge is 0.476 e. The highest BCUT2D eigenvalue weighted by Gasteiger charge is 2.58. The number of ether oxygens (including phenoxy) is 1. The molecule has 1 saturated carbocycles. The molecule has 0 unspecified atom stereocenters. The summed E-state index contributed by atoms with van der Waals surface area (Å²) >= 11 is 7.32. The third kappa shape index (κ3) is 4.81. The minimum atomic E-state index is -4.31. The van der Waals surface area contributed by atoms with Gasteiger partial charge in [0.05, 0.1) is 16.2 Å². The number of pyridine rings is 1. The Hall–Kier alpha value is -2.73. The minimum absolute atomic E-state index is 0.0445. The molecule has 3 aromatic rings. The fraction of sp³-hybridized carbons (Fsp3) is 0.400. The lowest BCUT2D eigenvalue weighted by atomic mass is 9.69. The third-order valence-electron chi connectivity index (χ3n) is 5.51. The zero-order valence-corrected chi connectivity index (χ0v) is 19.3. The molecule has 0 aromatic carbocycles. The maximum absolute atomic E-state index is 13.3. The van der Waals surface area contributed by atoms with Crippen LogP contribution in [-0.2, 0) is 7.05 Å². The first-order valence-corrected chi connectivity index (χ1v) is 11.2. The first kappa shape index (κ1) is 23.4. The lowest BCUT2D eigenvalue weighted by Gasteiger charge is -2.42. The monoisotopic (exact) mass is 500 g/mol. The second-order valence-corrected chi connectivity index (χ2v) is 9.02. The molecule has 8 nitrogen and oxygen atoms in total. The number of nitrogens with zero attached hydrogens (tertiary/aromatic N) is 5. The van der Waals surface area contributed by atoms with Crippen molar-refractivity contribution in [2.45, 2.75) is 37.3 Å². The molecule has 13 heteroatoms. The van der Waals surface area contributed by atoms with Crippen LogP contribution in [0.1, 0.15) is 35.3 Å². The number of aromatic nitrogens is 5. The van der Waals surface area contributed by atoms with Gasteiger partial charge in [-0.3, -0.25) is 14.2 Å². The van der Waals surface area contributed by atoms with Crippen LogP contribution in [0, 0.1) is 12.3 Å². The van der Waals surface area contributed by atoms with Crippen LogP contribution >= 0.6 is 23.5 Å². The highest BCUT2D eigenvalue weighted by atomic mass is 35.5. The van der Waals surface area contributed by atoms with Crippen LogP contribution in [0.5, 0.6) is 5.88 Å². The van der Waals surface area contributed by atoms with Gasteiger partial charge in [0.2, 0.25) is 5.88 Å². The first-order valence-electron chi connectivity index (χ1n) is 9.97. The Morgan fingerprint density at radius 2 is 2.06 bits per heavy atom. The topological polar surface area (TPSA) is 86.9 Å². The second-order valence-electron chi connectivity index (χ2n) is 7.81. The van der Waals surface area contributed by atoms with Crippen molar-refractivity contribution in [1.29, 1.82) is 0 Å². The van der Waals surface area contributed by atoms with Crippen molar-refractivity contribution in [3.05, 3.63) is 47.0 Å². The van der Waals surface area contributed by atoms with Gasteiger partial charge in [-0.15, -0.1) is 5.10 Å². The van der Waals surface area contributed by atoms with Crippen molar-refractivity contribution in [1.82, 2.24) is 29.3 Å². The lowest BCUT2D eigenvalue weighted by molar-refractivity contribution is -0.259. The number of hydrogen-bond donors (Lipinski definition) is 1. The minimum Gasteiger partial charge on any atom is -0.476 e. The van der Waals surface area contributed by atoms with Crippen LogP contribution in [0.25, 0.3) is 5.82 Å². The summed E-state index contributed by atoms with van der Waals surface area (Å²) in [6, 6.07) is 4.47. The van der Waals surface area contributed by atoms with E-state index in [1.807, 2.05) is 6.92 Å². The van der Waals surface area contributed by atoms with Crippen LogP contribution in [0.4, 0.5) is 13.2 Å². The Kier molecular flexibility index (Phi) is 6.32. The molecule has 0 saturated heterocycles. The standard InChI is InChI=1S/C20H20ClF3N6O2S/c1-12-14(10-29(2)26-12)33-28-18(31)13-4-5-15(25-17(13)21)30-9-6-16(27-30)32-11-19(7-3-8-19)20(22,23)24/h4-6,9-10H,3,7-8,11H2,1-2H3,(H,28,31). The van der Waals surface area contributed by atoms with Crippen LogP contribution in [0.15, 0.2) is 35.5 Å². The summed E-state index contributed by atoms with van der Waals surface area (Å²) in [4.78, 5) is 17.5. The van der Waals surface area contributed by atoms with E-state index in [4.69, 9.17) is 16.3 Å². The van der Waals surface area contributed by atoms with Crippen molar-refractivity contribution in [2.24, 2.45) is 12.5 Å². The number of rotatable bonds is 7. The molecular weight excluding hydrogens is 481 g/mol. The highest BCUT2D eigenvalue weighted by Crippen LogP contribution is 2.53. The number of hydrogen-bond acceptors (Lipinski definition) is 6. The zero-order chi connectivity index (χ0) is 23.8. The van der Waals surface area contributed by atoms with E-state index >= 15 is 0 Å². The molecule has 0 aliphatic heterocycles. The lowest BCUT2D eigenvalue weighted by Crippen LogP contribution is -2.48. The Bertz CT molecular complexity index is 1180. The van der Waals surface area contributed by atoms with Crippen LogP contribution in [-0.4, -0.2) is 43.2 Å². The third-order valence-corrected chi connectivity index (χ3v) is 6.70. The van der Waals surface area contributed by atoms with Gasteiger partial charge < -0.3 is 4.74 Å². The van der Waals surface area contributed by atoms with E-state index in [1.165, 1.54) is 29.1 Å². The predicted molar refractivity (Wildman–Crippen MR) is 115 cm³/mol. The Morgan fingerprint density at radius 1 is 1.30 bits per heavy atom. The summed E-state index contributed by atoms with van der Waals surface area (Å²) in [5.74, 6) is -0.0976. The van der Waals surface area contributed by atoms with Crippen molar-refractivity contribution in [2.75, 3.05) is 6.61 Å². The summed E-state index contributed by atoms with van der Waals surface area (Å²) in [6.45, 7) is 1.35. The molecule has 1 aliphatic rings. The van der Waals surface area contributed by atoms with Crippen molar-refractivity contribution in [3.8, 4) is 11.7 Å². The molecule has 33 heavy (non-hydrogen) atoms. The molecule has 4 rings (SSSR count). The number of aryl methyl sites for hydroxylation is 2. The number of alkyl halides is 3. The van der Waals surface area contributed by atoms with Gasteiger partial charge in [0.1, 0.15) is 17.2 Å². The average Bonchev–Trinajstić information content (AvgIpc) is 3.30. The van der Waals surface area contributed by atoms with Crippen LogP contribution in [0.3, 0.4) is 0 Å². The number of nitrogens with one attached hydrogen (secondary N) is 1. The van der Waals surface area contributed by atoms with Gasteiger partial charge in [-0.25, -0.2) is 9.67 Å². The normalized spacial score (nSPS) is 15.2. The van der Waals surface area contributed by atoms with Gasteiger partial charge in [-0.2, -0.15) is 18.3 Å². The molecule has 1 aliphatic carbocycles. The fourth-order valence-electron chi connectivity index (χ4n) is 3.39. The molecule has 0 bridgehead atoms. The van der Waals surface area contributed by atoms with Gasteiger partial charge in [0, 0.05) is 25.5 Å². The van der Waals surface area contributed by atoms with Crippen LogP contribution < -0.4 is 9.46 Å². The smallest absolute Gasteiger partial charge is 0.397 e. The summed E-state index contributed by atoms with van der Waals surface area (Å²) < 4.78 is 50.8. The maximum atomic E-state index is 13.3. The van der Waals surface area contributed by atoms with Gasteiger partial charge in [0.25, 0.3) is 5.91 Å². The molecule has 3 aromatic heterocycles. The summed E-state index contributed by atoms with van der Waals surface area (Å²) in [5, 5.41) is 8.28. The molecule has 0 atom stereocenters. The molecule has 3 heterocycles. The van der Waals surface area contributed by atoms with Crippen molar-refractivity contribution in [3.63, 3.8) is 0 Å². The molecule has 1 amide bonds. The molecule has 0 radical (unpaired) electrons. The van der Waals surface area contributed by atoms with E-state index in [0.29, 0.717) is 6.42 Å². The van der Waals surface area contributed by atoms with Crippen LogP contribution in [0.2, 0.25) is 5.15 Å². The molecule has 0 spiro atoms. The summed E-state index contributed by atoms with van der Waals surface area (Å²) in [7, 11) is 1.78. The first-order chi connectivity index (χ1) is 15.6. The Labute approximate surface area is 196 Å². The van der Waals surface area contributed by atoms with Crippen molar-refractivity contribution >= 4 is 29.5 Å². The SMILES string of the molecule is Cc1nn(C)cc1SNC(=O)c1ccc(-n2ccc(OCC3(C(F)(F)F)CCC3)n2)nc1Cl. The number of halogens is 4. The van der Waals surface area contributed by atoms with Gasteiger partial charge >= 0.3 is 6.18 Å². The van der Waals surface area contributed by atoms with E-state index in [1.54, 1.807) is 17.9 Å². The van der Waals surface area contributed by atoms with Gasteiger partial charge in [-0.05, 0) is 43.8 Å². The molecule has 1 fully saturated rings.